The first-order chi connectivity index (χ1) is 9.78. The number of aromatic nitrogens is 2. The van der Waals surface area contributed by atoms with Gasteiger partial charge in [0.1, 0.15) is 0 Å². The van der Waals surface area contributed by atoms with Crippen molar-refractivity contribution in [3.63, 3.8) is 0 Å². The van der Waals surface area contributed by atoms with E-state index in [1.807, 2.05) is 36.5 Å². The van der Waals surface area contributed by atoms with Crippen molar-refractivity contribution in [1.82, 2.24) is 9.55 Å². The van der Waals surface area contributed by atoms with E-state index in [4.69, 9.17) is 0 Å². The summed E-state index contributed by atoms with van der Waals surface area (Å²) in [5.74, 6) is 0.898. The van der Waals surface area contributed by atoms with Crippen LogP contribution in [0, 0.1) is 6.92 Å². The zero-order valence-electron chi connectivity index (χ0n) is 11.7. The summed E-state index contributed by atoms with van der Waals surface area (Å²) in [6.07, 6.45) is 1.85. The minimum atomic E-state index is 0.885. The Labute approximate surface area is 118 Å². The molecule has 0 aliphatic rings. The van der Waals surface area contributed by atoms with Gasteiger partial charge >= 0.3 is 0 Å². The number of aliphatic imine (C=N–C) groups is 1. The molecule has 2 aromatic carbocycles. The van der Waals surface area contributed by atoms with Crippen LogP contribution in [0.3, 0.4) is 0 Å². The molecule has 20 heavy (non-hydrogen) atoms. The summed E-state index contributed by atoms with van der Waals surface area (Å²) in [7, 11) is 0. The van der Waals surface area contributed by atoms with Crippen LogP contribution in [0.25, 0.3) is 11.0 Å². The molecule has 0 aliphatic carbocycles. The summed E-state index contributed by atoms with van der Waals surface area (Å²) in [6.45, 7) is 5.08. The highest BCUT2D eigenvalue weighted by atomic mass is 15.1. The summed E-state index contributed by atoms with van der Waals surface area (Å²) in [4.78, 5) is 9.17. The smallest absolute Gasteiger partial charge is 0.152 e. The van der Waals surface area contributed by atoms with Crippen molar-refractivity contribution in [3.8, 4) is 0 Å². The molecule has 0 saturated heterocycles. The van der Waals surface area contributed by atoms with E-state index >= 15 is 0 Å². The number of fused-ring (bicyclic) bond motifs is 1. The van der Waals surface area contributed by atoms with Gasteiger partial charge in [0.2, 0.25) is 0 Å². The lowest BCUT2D eigenvalue weighted by molar-refractivity contribution is 0.780. The van der Waals surface area contributed by atoms with E-state index in [2.05, 4.69) is 46.6 Å². The number of hydrogen-bond donors (Lipinski definition) is 0. The van der Waals surface area contributed by atoms with E-state index in [9.17, 15) is 0 Å². The van der Waals surface area contributed by atoms with Crippen molar-refractivity contribution in [3.05, 3.63) is 59.9 Å². The summed E-state index contributed by atoms with van der Waals surface area (Å²) >= 11 is 0. The lowest BCUT2D eigenvalue weighted by Gasteiger charge is -2.01. The molecule has 0 fully saturated rings. The molecular formula is C17H17N3. The molecule has 3 heteroatoms. The number of nitrogens with zero attached hydrogens (tertiary/aromatic N) is 3. The van der Waals surface area contributed by atoms with Gasteiger partial charge < -0.3 is 4.57 Å². The molecule has 3 rings (SSSR count). The van der Waals surface area contributed by atoms with Gasteiger partial charge in [0.25, 0.3) is 0 Å². The van der Waals surface area contributed by atoms with Crippen LogP contribution in [0.2, 0.25) is 0 Å². The van der Waals surface area contributed by atoms with Crippen molar-refractivity contribution in [2.45, 2.75) is 20.4 Å². The highest BCUT2D eigenvalue weighted by molar-refractivity contribution is 5.86. The fraction of sp³-hybridized carbons (Fsp3) is 0.176. The Balaban J connectivity index is 2.02. The highest BCUT2D eigenvalue weighted by Gasteiger charge is 2.06. The van der Waals surface area contributed by atoms with Gasteiger partial charge in [0.05, 0.1) is 22.9 Å². The maximum atomic E-state index is 4.63. The van der Waals surface area contributed by atoms with Crippen LogP contribution in [0.4, 0.5) is 5.69 Å². The second-order valence-electron chi connectivity index (χ2n) is 4.80. The first kappa shape index (κ1) is 12.6. The molecule has 1 aromatic heterocycles. The monoisotopic (exact) mass is 263 g/mol. The maximum Gasteiger partial charge on any atom is 0.152 e. The second-order valence-corrected chi connectivity index (χ2v) is 4.80. The molecule has 3 nitrogen and oxygen atoms in total. The van der Waals surface area contributed by atoms with Gasteiger partial charge in [-0.15, -0.1) is 0 Å². The van der Waals surface area contributed by atoms with Crippen molar-refractivity contribution < 1.29 is 0 Å². The molecule has 0 N–H and O–H groups in total. The number of rotatable bonds is 3. The quantitative estimate of drug-likeness (QED) is 0.654. The normalized spacial score (nSPS) is 11.5. The molecule has 0 aliphatic heterocycles. The minimum absolute atomic E-state index is 0.885. The molecule has 0 atom stereocenters. The average molecular weight is 263 g/mol. The molecule has 0 amide bonds. The fourth-order valence-electron chi connectivity index (χ4n) is 2.37. The lowest BCUT2D eigenvalue weighted by atomic mass is 10.2. The Morgan fingerprint density at radius 1 is 1.15 bits per heavy atom. The third kappa shape index (κ3) is 2.35. The molecule has 3 aromatic rings. The van der Waals surface area contributed by atoms with Gasteiger partial charge in [0.15, 0.2) is 5.82 Å². The Hall–Kier alpha value is -2.42. The summed E-state index contributed by atoms with van der Waals surface area (Å²) in [5.41, 5.74) is 4.34. The largest absolute Gasteiger partial charge is 0.323 e. The van der Waals surface area contributed by atoms with Gasteiger partial charge in [-0.25, -0.2) is 4.98 Å². The van der Waals surface area contributed by atoms with E-state index in [-0.39, 0.29) is 0 Å². The van der Waals surface area contributed by atoms with Gasteiger partial charge in [-0.05, 0) is 43.7 Å². The third-order valence-electron chi connectivity index (χ3n) is 3.33. The van der Waals surface area contributed by atoms with Crippen molar-refractivity contribution >= 4 is 22.9 Å². The number of imidazole rings is 1. The number of para-hydroxylation sites is 2. The number of aryl methyl sites for hydroxylation is 2. The van der Waals surface area contributed by atoms with Crippen LogP contribution in [0.1, 0.15) is 18.3 Å². The van der Waals surface area contributed by atoms with E-state index in [0.29, 0.717) is 0 Å². The van der Waals surface area contributed by atoms with Crippen LogP contribution in [0.5, 0.6) is 0 Å². The van der Waals surface area contributed by atoms with Gasteiger partial charge in [0, 0.05) is 6.54 Å². The lowest BCUT2D eigenvalue weighted by Crippen LogP contribution is -2.00. The zero-order valence-corrected chi connectivity index (χ0v) is 11.7. The molecule has 0 unspecified atom stereocenters. The summed E-state index contributed by atoms with van der Waals surface area (Å²) in [6, 6.07) is 16.3. The highest BCUT2D eigenvalue weighted by Crippen LogP contribution is 2.17. The molecule has 0 bridgehead atoms. The number of benzene rings is 2. The molecule has 100 valence electrons. The van der Waals surface area contributed by atoms with E-state index in [1.165, 1.54) is 5.56 Å². The van der Waals surface area contributed by atoms with E-state index in [1.54, 1.807) is 0 Å². The predicted octanol–water partition coefficient (Wildman–Crippen LogP) is 4.12. The molecular weight excluding hydrogens is 246 g/mol. The van der Waals surface area contributed by atoms with Crippen molar-refractivity contribution in [1.29, 1.82) is 0 Å². The first-order valence-corrected chi connectivity index (χ1v) is 6.84. The van der Waals surface area contributed by atoms with Crippen LogP contribution in [-0.2, 0) is 6.54 Å². The van der Waals surface area contributed by atoms with Gasteiger partial charge in [-0.3, -0.25) is 4.99 Å². The van der Waals surface area contributed by atoms with E-state index in [0.717, 1.165) is 29.1 Å². The fourth-order valence-corrected chi connectivity index (χ4v) is 2.37. The predicted molar refractivity (Wildman–Crippen MR) is 83.8 cm³/mol. The van der Waals surface area contributed by atoms with E-state index < -0.39 is 0 Å². The molecule has 0 spiro atoms. The van der Waals surface area contributed by atoms with Crippen LogP contribution in [0.15, 0.2) is 53.5 Å². The average Bonchev–Trinajstić information content (AvgIpc) is 2.82. The van der Waals surface area contributed by atoms with Gasteiger partial charge in [-0.2, -0.15) is 0 Å². The Bertz CT molecular complexity index is 769. The van der Waals surface area contributed by atoms with Crippen molar-refractivity contribution in [2.75, 3.05) is 0 Å². The summed E-state index contributed by atoms with van der Waals surface area (Å²) < 4.78 is 2.18. The third-order valence-corrected chi connectivity index (χ3v) is 3.33. The molecule has 0 radical (unpaired) electrons. The Morgan fingerprint density at radius 2 is 2.00 bits per heavy atom. The van der Waals surface area contributed by atoms with Crippen LogP contribution < -0.4 is 0 Å². The Kier molecular flexibility index (Phi) is 3.33. The standard InChI is InChI=1S/C17H17N3/c1-3-20-16-10-5-4-9-15(16)19-17(20)12-18-14-8-6-7-13(2)11-14/h4-12H,3H2,1-2H3. The van der Waals surface area contributed by atoms with Crippen LogP contribution >= 0.6 is 0 Å². The Morgan fingerprint density at radius 3 is 2.80 bits per heavy atom. The van der Waals surface area contributed by atoms with Crippen LogP contribution in [-0.4, -0.2) is 15.8 Å². The second kappa shape index (κ2) is 5.29. The molecule has 0 saturated carbocycles. The molecule has 1 heterocycles. The maximum absolute atomic E-state index is 4.63. The summed E-state index contributed by atoms with van der Waals surface area (Å²) in [5, 5.41) is 0. The SMILES string of the molecule is CCn1c(C=Nc2cccc(C)c2)nc2ccccc21. The zero-order chi connectivity index (χ0) is 13.9. The topological polar surface area (TPSA) is 30.2 Å². The van der Waals surface area contributed by atoms with Gasteiger partial charge in [-0.1, -0.05) is 24.3 Å². The first-order valence-electron chi connectivity index (χ1n) is 6.84. The minimum Gasteiger partial charge on any atom is -0.323 e. The van der Waals surface area contributed by atoms with Crippen molar-refractivity contribution in [2.24, 2.45) is 4.99 Å². The number of hydrogen-bond acceptors (Lipinski definition) is 2.